The third-order valence-electron chi connectivity index (χ3n) is 4.55. The molecule has 4 nitrogen and oxygen atoms in total. The first-order valence-corrected chi connectivity index (χ1v) is 9.85. The van der Waals surface area contributed by atoms with E-state index in [4.69, 9.17) is 11.6 Å². The van der Waals surface area contributed by atoms with Crippen LogP contribution in [0.5, 0.6) is 0 Å². The molecule has 0 saturated heterocycles. The van der Waals surface area contributed by atoms with E-state index in [2.05, 4.69) is 5.32 Å². The number of rotatable bonds is 9. The third-order valence-corrected chi connectivity index (χ3v) is 4.92. The number of carbonyl (C=O) groups excluding carboxylic acids is 2. The number of hydrogen-bond donors (Lipinski definition) is 1. The highest BCUT2D eigenvalue weighted by atomic mass is 35.5. The highest BCUT2D eigenvalue weighted by Crippen LogP contribution is 2.18. The first-order valence-electron chi connectivity index (χ1n) is 9.47. The van der Waals surface area contributed by atoms with Crippen LogP contribution in [0.15, 0.2) is 48.5 Å². The van der Waals surface area contributed by atoms with Crippen LogP contribution in [-0.4, -0.2) is 29.3 Å². The number of nitrogens with zero attached hydrogens (tertiary/aromatic N) is 1. The second kappa shape index (κ2) is 10.8. The van der Waals surface area contributed by atoms with Crippen LogP contribution < -0.4 is 5.32 Å². The molecular weight excluding hydrogens is 379 g/mol. The van der Waals surface area contributed by atoms with Gasteiger partial charge in [-0.2, -0.15) is 0 Å². The largest absolute Gasteiger partial charge is 0.354 e. The van der Waals surface area contributed by atoms with Gasteiger partial charge in [0.25, 0.3) is 0 Å². The van der Waals surface area contributed by atoms with Crippen molar-refractivity contribution >= 4 is 23.4 Å². The van der Waals surface area contributed by atoms with Crippen molar-refractivity contribution in [2.24, 2.45) is 0 Å². The number of hydrogen-bond acceptors (Lipinski definition) is 2. The van der Waals surface area contributed by atoms with E-state index in [0.29, 0.717) is 18.0 Å². The summed E-state index contributed by atoms with van der Waals surface area (Å²) in [6, 6.07) is 12.7. The minimum absolute atomic E-state index is 0.150. The van der Waals surface area contributed by atoms with Gasteiger partial charge in [0.1, 0.15) is 11.9 Å². The molecule has 0 aliphatic rings. The van der Waals surface area contributed by atoms with Crippen molar-refractivity contribution in [3.8, 4) is 0 Å². The predicted octanol–water partition coefficient (Wildman–Crippen LogP) is 4.36. The van der Waals surface area contributed by atoms with Crippen LogP contribution in [0.2, 0.25) is 5.02 Å². The van der Waals surface area contributed by atoms with Crippen molar-refractivity contribution in [2.75, 3.05) is 6.54 Å². The van der Waals surface area contributed by atoms with Gasteiger partial charge in [0, 0.05) is 24.5 Å². The van der Waals surface area contributed by atoms with Crippen molar-refractivity contribution < 1.29 is 14.0 Å². The average molecular weight is 405 g/mol. The maximum Gasteiger partial charge on any atom is 0.242 e. The SMILES string of the molecule is CCCNC(=O)[C@H](C)N(Cc1ccc(F)cc1)C(=O)CCc1ccccc1Cl. The van der Waals surface area contributed by atoms with E-state index in [9.17, 15) is 14.0 Å². The van der Waals surface area contributed by atoms with Crippen molar-refractivity contribution in [3.05, 3.63) is 70.5 Å². The minimum atomic E-state index is -0.629. The zero-order valence-corrected chi connectivity index (χ0v) is 17.0. The van der Waals surface area contributed by atoms with Crippen LogP contribution in [0.4, 0.5) is 4.39 Å². The summed E-state index contributed by atoms with van der Waals surface area (Å²) in [6.45, 7) is 4.47. The number of carbonyl (C=O) groups is 2. The Kier molecular flexibility index (Phi) is 8.45. The molecule has 0 heterocycles. The lowest BCUT2D eigenvalue weighted by molar-refractivity contribution is -0.140. The van der Waals surface area contributed by atoms with Crippen LogP contribution in [0, 0.1) is 5.82 Å². The molecular formula is C22H26ClFN2O2. The van der Waals surface area contributed by atoms with Gasteiger partial charge < -0.3 is 10.2 Å². The van der Waals surface area contributed by atoms with E-state index in [1.54, 1.807) is 25.1 Å². The Balaban J connectivity index is 2.13. The lowest BCUT2D eigenvalue weighted by Crippen LogP contribution is -2.47. The molecule has 0 fully saturated rings. The van der Waals surface area contributed by atoms with E-state index in [1.807, 2.05) is 25.1 Å². The monoisotopic (exact) mass is 404 g/mol. The molecule has 0 aliphatic heterocycles. The Morgan fingerprint density at radius 1 is 1.14 bits per heavy atom. The van der Waals surface area contributed by atoms with E-state index in [0.717, 1.165) is 17.5 Å². The smallest absolute Gasteiger partial charge is 0.242 e. The van der Waals surface area contributed by atoms with Gasteiger partial charge in [-0.1, -0.05) is 48.9 Å². The Bertz CT molecular complexity index is 795. The number of aryl methyl sites for hydroxylation is 1. The van der Waals surface area contributed by atoms with Crippen molar-refractivity contribution in [1.29, 1.82) is 0 Å². The van der Waals surface area contributed by atoms with Gasteiger partial charge in [-0.05, 0) is 49.1 Å². The van der Waals surface area contributed by atoms with Gasteiger partial charge in [-0.25, -0.2) is 4.39 Å². The summed E-state index contributed by atoms with van der Waals surface area (Å²) in [7, 11) is 0. The summed E-state index contributed by atoms with van der Waals surface area (Å²) in [5.74, 6) is -0.687. The zero-order valence-electron chi connectivity index (χ0n) is 16.3. The molecule has 28 heavy (non-hydrogen) atoms. The quantitative estimate of drug-likeness (QED) is 0.675. The summed E-state index contributed by atoms with van der Waals surface area (Å²) in [5, 5.41) is 3.45. The minimum Gasteiger partial charge on any atom is -0.354 e. The number of amides is 2. The molecule has 0 radical (unpaired) electrons. The normalized spacial score (nSPS) is 11.7. The van der Waals surface area contributed by atoms with Crippen LogP contribution in [0.1, 0.15) is 37.8 Å². The fourth-order valence-corrected chi connectivity index (χ4v) is 3.08. The molecule has 2 aromatic carbocycles. The first-order chi connectivity index (χ1) is 13.4. The first kappa shape index (κ1) is 21.9. The fraction of sp³-hybridized carbons (Fsp3) is 0.364. The molecule has 0 bridgehead atoms. The molecule has 150 valence electrons. The molecule has 2 aromatic rings. The lowest BCUT2D eigenvalue weighted by atomic mass is 10.1. The van der Waals surface area contributed by atoms with Gasteiger partial charge in [0.2, 0.25) is 11.8 Å². The van der Waals surface area contributed by atoms with Crippen LogP contribution in [-0.2, 0) is 22.6 Å². The van der Waals surface area contributed by atoms with E-state index in [-0.39, 0.29) is 30.6 Å². The summed E-state index contributed by atoms with van der Waals surface area (Å²) in [4.78, 5) is 26.9. The molecule has 2 rings (SSSR count). The highest BCUT2D eigenvalue weighted by Gasteiger charge is 2.25. The fourth-order valence-electron chi connectivity index (χ4n) is 2.85. The van der Waals surface area contributed by atoms with Crippen molar-refractivity contribution in [2.45, 2.75) is 45.7 Å². The number of halogens is 2. The molecule has 0 saturated carbocycles. The number of benzene rings is 2. The molecule has 2 amide bonds. The van der Waals surface area contributed by atoms with Crippen LogP contribution >= 0.6 is 11.6 Å². The Morgan fingerprint density at radius 2 is 1.82 bits per heavy atom. The topological polar surface area (TPSA) is 49.4 Å². The maximum absolute atomic E-state index is 13.2. The van der Waals surface area contributed by atoms with E-state index in [1.165, 1.54) is 17.0 Å². The van der Waals surface area contributed by atoms with Gasteiger partial charge in [0.05, 0.1) is 0 Å². The lowest BCUT2D eigenvalue weighted by Gasteiger charge is -2.29. The maximum atomic E-state index is 13.2. The highest BCUT2D eigenvalue weighted by molar-refractivity contribution is 6.31. The summed E-state index contributed by atoms with van der Waals surface area (Å²) in [5.41, 5.74) is 1.66. The molecule has 1 atom stereocenters. The predicted molar refractivity (Wildman–Crippen MR) is 109 cm³/mol. The summed E-state index contributed by atoms with van der Waals surface area (Å²) < 4.78 is 13.2. The molecule has 0 aromatic heterocycles. The average Bonchev–Trinajstić information content (AvgIpc) is 2.70. The molecule has 0 spiro atoms. The Labute approximate surface area is 170 Å². The standard InChI is InChI=1S/C22H26ClFN2O2/c1-3-14-25-22(28)16(2)26(15-17-8-11-19(24)12-9-17)21(27)13-10-18-6-4-5-7-20(18)23/h4-9,11-12,16H,3,10,13-15H2,1-2H3,(H,25,28)/t16-/m0/s1. The number of nitrogens with one attached hydrogen (secondary N) is 1. The Morgan fingerprint density at radius 3 is 2.46 bits per heavy atom. The van der Waals surface area contributed by atoms with Gasteiger partial charge in [-0.3, -0.25) is 9.59 Å². The van der Waals surface area contributed by atoms with E-state index >= 15 is 0 Å². The zero-order chi connectivity index (χ0) is 20.5. The molecule has 0 unspecified atom stereocenters. The third kappa shape index (κ3) is 6.34. The summed E-state index contributed by atoms with van der Waals surface area (Å²) >= 11 is 6.18. The van der Waals surface area contributed by atoms with Gasteiger partial charge in [0.15, 0.2) is 0 Å². The van der Waals surface area contributed by atoms with Gasteiger partial charge >= 0.3 is 0 Å². The van der Waals surface area contributed by atoms with Crippen molar-refractivity contribution in [3.63, 3.8) is 0 Å². The van der Waals surface area contributed by atoms with E-state index < -0.39 is 6.04 Å². The molecule has 0 aliphatic carbocycles. The molecule has 6 heteroatoms. The van der Waals surface area contributed by atoms with Crippen molar-refractivity contribution in [1.82, 2.24) is 10.2 Å². The van der Waals surface area contributed by atoms with Crippen LogP contribution in [0.3, 0.4) is 0 Å². The Hall–Kier alpha value is -2.40. The summed E-state index contributed by atoms with van der Waals surface area (Å²) in [6.07, 6.45) is 1.54. The van der Waals surface area contributed by atoms with Gasteiger partial charge in [-0.15, -0.1) is 0 Å². The molecule has 1 N–H and O–H groups in total. The second-order valence-electron chi connectivity index (χ2n) is 6.71. The van der Waals surface area contributed by atoms with Crippen LogP contribution in [0.25, 0.3) is 0 Å². The second-order valence-corrected chi connectivity index (χ2v) is 7.11.